The molecule has 8 heteroatoms. The second kappa shape index (κ2) is 10.3. The van der Waals surface area contributed by atoms with Gasteiger partial charge in [0, 0.05) is 29.7 Å². The largest absolute Gasteiger partial charge is 0.378 e. The molecule has 1 fully saturated rings. The minimum absolute atomic E-state index is 0.0293. The number of hydrogen-bond acceptors (Lipinski definition) is 6. The number of nitrogens with zero attached hydrogens (tertiary/aromatic N) is 3. The van der Waals surface area contributed by atoms with Crippen molar-refractivity contribution in [1.29, 1.82) is 0 Å². The number of hydrogen-bond donors (Lipinski definition) is 0. The van der Waals surface area contributed by atoms with Crippen molar-refractivity contribution in [2.45, 2.75) is 36.7 Å². The molecule has 1 aliphatic heterocycles. The van der Waals surface area contributed by atoms with Crippen LogP contribution in [0.2, 0.25) is 0 Å². The van der Waals surface area contributed by atoms with Gasteiger partial charge in [0.05, 0.1) is 24.0 Å². The predicted octanol–water partition coefficient (Wildman–Crippen LogP) is 4.58. The maximum atomic E-state index is 13.7. The lowest BCUT2D eigenvalue weighted by Gasteiger charge is -2.30. The zero-order valence-electron chi connectivity index (χ0n) is 19.1. The van der Waals surface area contributed by atoms with Gasteiger partial charge >= 0.3 is 0 Å². The van der Waals surface area contributed by atoms with Gasteiger partial charge in [0.25, 0.3) is 5.56 Å². The number of rotatable bonds is 7. The van der Waals surface area contributed by atoms with E-state index in [1.165, 1.54) is 28.7 Å². The van der Waals surface area contributed by atoms with Gasteiger partial charge in [-0.15, -0.1) is 11.3 Å². The fourth-order valence-electron chi connectivity index (χ4n) is 4.25. The highest BCUT2D eigenvalue weighted by Gasteiger charge is 2.28. The van der Waals surface area contributed by atoms with Crippen LogP contribution in [0, 0.1) is 0 Å². The zero-order valence-corrected chi connectivity index (χ0v) is 20.7. The van der Waals surface area contributed by atoms with Crippen LogP contribution >= 0.6 is 23.1 Å². The van der Waals surface area contributed by atoms with E-state index in [-0.39, 0.29) is 16.7 Å². The van der Waals surface area contributed by atoms with Crippen LogP contribution in [0.1, 0.15) is 18.9 Å². The van der Waals surface area contributed by atoms with Gasteiger partial charge < -0.3 is 9.64 Å². The number of thioether (sulfide) groups is 1. The van der Waals surface area contributed by atoms with Gasteiger partial charge in [-0.05, 0) is 24.5 Å². The van der Waals surface area contributed by atoms with E-state index < -0.39 is 0 Å². The Morgan fingerprint density at radius 2 is 1.85 bits per heavy atom. The van der Waals surface area contributed by atoms with Crippen molar-refractivity contribution < 1.29 is 9.53 Å². The van der Waals surface area contributed by atoms with Gasteiger partial charge in [-0.25, -0.2) is 4.98 Å². The molecular formula is C26H27N3O3S2. The third-order valence-corrected chi connectivity index (χ3v) is 8.62. The second-order valence-corrected chi connectivity index (χ2v) is 10.5. The average Bonchev–Trinajstić information content (AvgIpc) is 3.26. The summed E-state index contributed by atoms with van der Waals surface area (Å²) < 4.78 is 8.91. The van der Waals surface area contributed by atoms with Crippen molar-refractivity contribution in [1.82, 2.24) is 14.5 Å². The van der Waals surface area contributed by atoms with E-state index in [1.54, 1.807) is 4.57 Å². The molecule has 6 nitrogen and oxygen atoms in total. The van der Waals surface area contributed by atoms with Crippen molar-refractivity contribution in [3.05, 3.63) is 70.5 Å². The van der Waals surface area contributed by atoms with Crippen LogP contribution in [0.3, 0.4) is 0 Å². The summed E-state index contributed by atoms with van der Waals surface area (Å²) in [6, 6.07) is 18.1. The molecule has 0 bridgehead atoms. The first-order chi connectivity index (χ1) is 16.7. The minimum atomic E-state index is -0.296. The summed E-state index contributed by atoms with van der Waals surface area (Å²) in [4.78, 5) is 33.8. The highest BCUT2D eigenvalue weighted by molar-refractivity contribution is 8.00. The number of ether oxygens (including phenoxy) is 1. The van der Waals surface area contributed by atoms with Gasteiger partial charge in [-0.3, -0.25) is 14.2 Å². The summed E-state index contributed by atoms with van der Waals surface area (Å²) >= 11 is 2.91. The zero-order chi connectivity index (χ0) is 23.5. The minimum Gasteiger partial charge on any atom is -0.378 e. The quantitative estimate of drug-likeness (QED) is 0.278. The summed E-state index contributed by atoms with van der Waals surface area (Å²) in [5.74, 6) is 0.0925. The van der Waals surface area contributed by atoms with Gasteiger partial charge in [-0.1, -0.05) is 67.2 Å². The van der Waals surface area contributed by atoms with Crippen molar-refractivity contribution >= 4 is 49.3 Å². The van der Waals surface area contributed by atoms with Crippen LogP contribution in [-0.2, 0) is 22.5 Å². The molecule has 0 spiro atoms. The Morgan fingerprint density at radius 1 is 1.12 bits per heavy atom. The lowest BCUT2D eigenvalue weighted by molar-refractivity contribution is -0.134. The molecule has 4 aromatic rings. The van der Waals surface area contributed by atoms with Gasteiger partial charge in [-0.2, -0.15) is 0 Å². The highest BCUT2D eigenvalue weighted by Crippen LogP contribution is 2.33. The number of aryl methyl sites for hydroxylation is 1. The summed E-state index contributed by atoms with van der Waals surface area (Å²) in [5.41, 5.74) is 1.87. The fraction of sp³-hybridized carbons (Fsp3) is 0.346. The Hall–Kier alpha value is -2.68. The molecule has 1 aliphatic rings. The molecule has 0 unspecified atom stereocenters. The summed E-state index contributed by atoms with van der Waals surface area (Å²) in [6.45, 7) is 4.89. The van der Waals surface area contributed by atoms with Crippen molar-refractivity contribution in [2.24, 2.45) is 0 Å². The number of carbonyl (C=O) groups excluding carboxylic acids is 1. The summed E-state index contributed by atoms with van der Waals surface area (Å²) in [5, 5.41) is 1.31. The molecule has 1 amide bonds. The number of benzene rings is 2. The highest BCUT2D eigenvalue weighted by atomic mass is 32.2. The van der Waals surface area contributed by atoms with Crippen LogP contribution in [0.4, 0.5) is 0 Å². The molecule has 1 saturated heterocycles. The molecule has 5 rings (SSSR count). The molecular weight excluding hydrogens is 466 g/mol. The molecule has 1 atom stereocenters. The number of thiophene rings is 1. The van der Waals surface area contributed by atoms with Gasteiger partial charge in [0.2, 0.25) is 5.91 Å². The van der Waals surface area contributed by atoms with Crippen molar-refractivity contribution in [3.8, 4) is 0 Å². The van der Waals surface area contributed by atoms with Crippen LogP contribution < -0.4 is 5.56 Å². The van der Waals surface area contributed by atoms with Crippen LogP contribution in [0.15, 0.2) is 64.5 Å². The SMILES string of the molecule is CC[C@H](Sc1nc2c(sc3ccccc32)c(=O)n1CCc1ccccc1)C(=O)N1CCOCC1. The topological polar surface area (TPSA) is 64.4 Å². The number of aromatic nitrogens is 2. The Bertz CT molecular complexity index is 1360. The van der Waals surface area contributed by atoms with Gasteiger partial charge in [0.15, 0.2) is 5.16 Å². The van der Waals surface area contributed by atoms with E-state index in [9.17, 15) is 9.59 Å². The predicted molar refractivity (Wildman–Crippen MR) is 139 cm³/mol. The Labute approximate surface area is 206 Å². The van der Waals surface area contributed by atoms with Crippen molar-refractivity contribution in [2.75, 3.05) is 26.3 Å². The molecule has 0 saturated carbocycles. The van der Waals surface area contributed by atoms with E-state index in [0.29, 0.717) is 49.1 Å². The van der Waals surface area contributed by atoms with E-state index >= 15 is 0 Å². The fourth-order valence-corrected chi connectivity index (χ4v) is 6.46. The molecule has 2 aromatic carbocycles. The molecule has 0 N–H and O–H groups in total. The molecule has 34 heavy (non-hydrogen) atoms. The molecule has 0 aliphatic carbocycles. The van der Waals surface area contributed by atoms with Crippen LogP contribution in [0.5, 0.6) is 0 Å². The summed E-state index contributed by atoms with van der Waals surface area (Å²) in [7, 11) is 0. The third-order valence-electron chi connectivity index (χ3n) is 6.13. The average molecular weight is 494 g/mol. The summed E-state index contributed by atoms with van der Waals surface area (Å²) in [6.07, 6.45) is 1.39. The lowest BCUT2D eigenvalue weighted by Crippen LogP contribution is -2.44. The Morgan fingerprint density at radius 3 is 2.62 bits per heavy atom. The molecule has 3 heterocycles. The van der Waals surface area contributed by atoms with E-state index in [4.69, 9.17) is 9.72 Å². The van der Waals surface area contributed by atoms with Crippen molar-refractivity contribution in [3.63, 3.8) is 0 Å². The maximum absolute atomic E-state index is 13.7. The van der Waals surface area contributed by atoms with E-state index in [1.807, 2.05) is 54.3 Å². The van der Waals surface area contributed by atoms with E-state index in [0.717, 1.165) is 22.0 Å². The van der Waals surface area contributed by atoms with Crippen LogP contribution in [-0.4, -0.2) is 51.9 Å². The number of morpholine rings is 1. The normalized spacial score (nSPS) is 15.1. The first-order valence-corrected chi connectivity index (χ1v) is 13.3. The second-order valence-electron chi connectivity index (χ2n) is 8.32. The third kappa shape index (κ3) is 4.62. The molecule has 0 radical (unpaired) electrons. The van der Waals surface area contributed by atoms with E-state index in [2.05, 4.69) is 12.1 Å². The first-order valence-electron chi connectivity index (χ1n) is 11.6. The molecule has 176 valence electrons. The molecule has 2 aromatic heterocycles. The first kappa shape index (κ1) is 23.1. The maximum Gasteiger partial charge on any atom is 0.272 e. The number of amides is 1. The Balaban J connectivity index is 1.55. The van der Waals surface area contributed by atoms with Crippen LogP contribution in [0.25, 0.3) is 20.3 Å². The number of fused-ring (bicyclic) bond motifs is 3. The lowest BCUT2D eigenvalue weighted by atomic mass is 10.1. The number of carbonyl (C=O) groups is 1. The monoisotopic (exact) mass is 493 g/mol. The van der Waals surface area contributed by atoms with Gasteiger partial charge in [0.1, 0.15) is 4.70 Å². The smallest absolute Gasteiger partial charge is 0.272 e. The standard InChI is InChI=1S/C26H27N3O3S2/c1-2-20(24(30)28-14-16-32-17-15-28)34-26-27-22-19-10-6-7-11-21(19)33-23(22)25(31)29(26)13-12-18-8-4-3-5-9-18/h3-11,20H,2,12-17H2,1H3/t20-/m0/s1. The Kier molecular flexibility index (Phi) is 6.99.